The van der Waals surface area contributed by atoms with Crippen molar-refractivity contribution in [3.05, 3.63) is 23.8 Å². The summed E-state index contributed by atoms with van der Waals surface area (Å²) >= 11 is 0. The lowest BCUT2D eigenvalue weighted by Crippen LogP contribution is -1.75. The van der Waals surface area contributed by atoms with Gasteiger partial charge < -0.3 is 0 Å². The smallest absolute Gasteiger partial charge is 0.0347 e. The predicted molar refractivity (Wildman–Crippen MR) is 102 cm³/mol. The van der Waals surface area contributed by atoms with Gasteiger partial charge in [0, 0.05) is 0 Å². The molecular formula is C18H36P2. The summed E-state index contributed by atoms with van der Waals surface area (Å²) < 4.78 is 0. The van der Waals surface area contributed by atoms with E-state index in [1.54, 1.807) is 0 Å². The Hall–Kier alpha value is 0.340. The van der Waals surface area contributed by atoms with Crippen molar-refractivity contribution in [2.45, 2.75) is 90.9 Å². The molecule has 0 aromatic carbocycles. The fourth-order valence-electron chi connectivity index (χ4n) is 2.11. The normalized spacial score (nSPS) is 13.1. The Morgan fingerprint density at radius 2 is 0.950 bits per heavy atom. The highest BCUT2D eigenvalue weighted by Gasteiger charge is 1.87. The van der Waals surface area contributed by atoms with Crippen LogP contribution in [0.4, 0.5) is 0 Å². The SMILES string of the molecule is CCCCCCCC=CPPC=CCCCCCCC. The van der Waals surface area contributed by atoms with E-state index in [1.165, 1.54) is 77.0 Å². The van der Waals surface area contributed by atoms with E-state index < -0.39 is 0 Å². The Labute approximate surface area is 131 Å². The van der Waals surface area contributed by atoms with Crippen LogP contribution in [0.2, 0.25) is 0 Å². The van der Waals surface area contributed by atoms with E-state index >= 15 is 0 Å². The van der Waals surface area contributed by atoms with E-state index in [2.05, 4.69) is 37.6 Å². The van der Waals surface area contributed by atoms with Crippen molar-refractivity contribution in [2.75, 3.05) is 0 Å². The lowest BCUT2D eigenvalue weighted by atomic mass is 10.1. The minimum atomic E-state index is 1.02. The summed E-state index contributed by atoms with van der Waals surface area (Å²) in [5, 5.41) is 0. The molecular weight excluding hydrogens is 278 g/mol. The lowest BCUT2D eigenvalue weighted by molar-refractivity contribution is 0.637. The summed E-state index contributed by atoms with van der Waals surface area (Å²) in [7, 11) is 2.03. The van der Waals surface area contributed by atoms with Crippen LogP contribution in [0, 0.1) is 0 Å². The maximum Gasteiger partial charge on any atom is -0.0347 e. The molecule has 0 rings (SSSR count). The third-order valence-corrected chi connectivity index (χ3v) is 5.91. The van der Waals surface area contributed by atoms with Crippen LogP contribution in [-0.4, -0.2) is 0 Å². The topological polar surface area (TPSA) is 0 Å². The highest BCUT2D eigenvalue weighted by molar-refractivity contribution is 8.14. The zero-order valence-corrected chi connectivity index (χ0v) is 15.8. The van der Waals surface area contributed by atoms with Gasteiger partial charge >= 0.3 is 0 Å². The largest absolute Gasteiger partial charge is 0.0840 e. The molecule has 20 heavy (non-hydrogen) atoms. The lowest BCUT2D eigenvalue weighted by Gasteiger charge is -1.96. The fraction of sp³-hybridized carbons (Fsp3) is 0.778. The second kappa shape index (κ2) is 19.3. The molecule has 0 aromatic heterocycles. The molecule has 2 atom stereocenters. The molecule has 0 N–H and O–H groups in total. The van der Waals surface area contributed by atoms with Crippen molar-refractivity contribution in [3.63, 3.8) is 0 Å². The summed E-state index contributed by atoms with van der Waals surface area (Å²) in [5.41, 5.74) is 0. The molecule has 0 heterocycles. The number of rotatable bonds is 15. The van der Waals surface area contributed by atoms with E-state index in [4.69, 9.17) is 0 Å². The van der Waals surface area contributed by atoms with Gasteiger partial charge in [-0.1, -0.05) is 106 Å². The summed E-state index contributed by atoms with van der Waals surface area (Å²) in [6.45, 7) is 4.56. The first kappa shape index (κ1) is 20.3. The van der Waals surface area contributed by atoms with Gasteiger partial charge in [-0.3, -0.25) is 0 Å². The zero-order chi connectivity index (χ0) is 14.7. The second-order valence-corrected chi connectivity index (χ2v) is 8.48. The van der Waals surface area contributed by atoms with Crippen LogP contribution in [-0.2, 0) is 0 Å². The number of hydrogen-bond acceptors (Lipinski definition) is 0. The van der Waals surface area contributed by atoms with Gasteiger partial charge in [-0.15, -0.1) is 0 Å². The molecule has 2 unspecified atom stereocenters. The quantitative estimate of drug-likeness (QED) is 0.212. The van der Waals surface area contributed by atoms with Crippen LogP contribution < -0.4 is 0 Å². The molecule has 0 aromatic rings. The van der Waals surface area contributed by atoms with E-state index in [0.29, 0.717) is 0 Å². The third kappa shape index (κ3) is 18.3. The Morgan fingerprint density at radius 1 is 0.550 bits per heavy atom. The van der Waals surface area contributed by atoms with Gasteiger partial charge in [-0.25, -0.2) is 0 Å². The van der Waals surface area contributed by atoms with Gasteiger partial charge in [-0.05, 0) is 25.7 Å². The van der Waals surface area contributed by atoms with Crippen molar-refractivity contribution in [3.8, 4) is 0 Å². The Balaban J connectivity index is 3.13. The van der Waals surface area contributed by atoms with Gasteiger partial charge in [0.2, 0.25) is 0 Å². The summed E-state index contributed by atoms with van der Waals surface area (Å²) in [5.74, 6) is 4.81. The molecule has 0 saturated heterocycles. The number of allylic oxidation sites excluding steroid dienone is 2. The molecule has 0 saturated carbocycles. The predicted octanol–water partition coefficient (Wildman–Crippen LogP) is 8.01. The molecule has 0 radical (unpaired) electrons. The van der Waals surface area contributed by atoms with Crippen molar-refractivity contribution in [1.82, 2.24) is 0 Å². The maximum atomic E-state index is 2.41. The molecule has 0 aliphatic rings. The van der Waals surface area contributed by atoms with Gasteiger partial charge in [0.15, 0.2) is 0 Å². The second-order valence-electron chi connectivity index (χ2n) is 5.50. The summed E-state index contributed by atoms with van der Waals surface area (Å²) in [6.07, 6.45) is 21.4. The average Bonchev–Trinajstić information content (AvgIpc) is 2.47. The van der Waals surface area contributed by atoms with E-state index in [1.807, 2.05) is 0 Å². The Morgan fingerprint density at radius 3 is 1.35 bits per heavy atom. The molecule has 0 aliphatic carbocycles. The van der Waals surface area contributed by atoms with Crippen LogP contribution >= 0.6 is 16.5 Å². The highest BCUT2D eigenvalue weighted by atomic mass is 32.0. The van der Waals surface area contributed by atoms with Gasteiger partial charge in [0.25, 0.3) is 0 Å². The number of unbranched alkanes of at least 4 members (excludes halogenated alkanes) is 10. The molecule has 0 amide bonds. The standard InChI is InChI=1S/C18H36P2/c1-3-5-7-9-11-13-15-17-19-20-18-16-14-12-10-8-6-4-2/h15-20H,3-14H2,1-2H3. The highest BCUT2D eigenvalue weighted by Crippen LogP contribution is 2.39. The van der Waals surface area contributed by atoms with Crippen LogP contribution in [0.5, 0.6) is 0 Å². The first-order valence-corrected chi connectivity index (χ1v) is 11.9. The van der Waals surface area contributed by atoms with Crippen molar-refractivity contribution in [1.29, 1.82) is 0 Å². The fourth-order valence-corrected chi connectivity index (χ4v) is 4.16. The van der Waals surface area contributed by atoms with Crippen molar-refractivity contribution in [2.24, 2.45) is 0 Å². The van der Waals surface area contributed by atoms with Gasteiger partial charge in [0.1, 0.15) is 0 Å². The molecule has 0 fully saturated rings. The first-order valence-electron chi connectivity index (χ1n) is 8.72. The van der Waals surface area contributed by atoms with Crippen LogP contribution in [0.15, 0.2) is 23.8 Å². The zero-order valence-electron chi connectivity index (χ0n) is 13.8. The minimum Gasteiger partial charge on any atom is -0.0840 e. The van der Waals surface area contributed by atoms with E-state index in [0.717, 1.165) is 16.5 Å². The van der Waals surface area contributed by atoms with Crippen molar-refractivity contribution >= 4 is 16.5 Å². The van der Waals surface area contributed by atoms with Gasteiger partial charge in [-0.2, -0.15) is 0 Å². The molecule has 0 spiro atoms. The summed E-state index contributed by atoms with van der Waals surface area (Å²) in [6, 6.07) is 0. The Kier molecular flexibility index (Phi) is 19.7. The maximum absolute atomic E-state index is 2.41. The molecule has 0 aliphatic heterocycles. The van der Waals surface area contributed by atoms with Gasteiger partial charge in [0.05, 0.1) is 0 Å². The first-order chi connectivity index (χ1) is 9.91. The Bertz CT molecular complexity index is 197. The van der Waals surface area contributed by atoms with Crippen LogP contribution in [0.3, 0.4) is 0 Å². The molecule has 0 bridgehead atoms. The monoisotopic (exact) mass is 314 g/mol. The minimum absolute atomic E-state index is 1.02. The summed E-state index contributed by atoms with van der Waals surface area (Å²) in [4.78, 5) is 0. The van der Waals surface area contributed by atoms with Crippen molar-refractivity contribution < 1.29 is 0 Å². The van der Waals surface area contributed by atoms with Crippen LogP contribution in [0.25, 0.3) is 0 Å². The van der Waals surface area contributed by atoms with Crippen LogP contribution in [0.1, 0.15) is 90.9 Å². The van der Waals surface area contributed by atoms with E-state index in [9.17, 15) is 0 Å². The molecule has 2 heteroatoms. The molecule has 118 valence electrons. The third-order valence-electron chi connectivity index (χ3n) is 3.43. The number of hydrogen-bond donors (Lipinski definition) is 0. The average molecular weight is 314 g/mol. The van der Waals surface area contributed by atoms with E-state index in [-0.39, 0.29) is 0 Å². The molecule has 0 nitrogen and oxygen atoms in total.